The Hall–Kier alpha value is -4.30. The molecule has 7 atom stereocenters. The lowest BCUT2D eigenvalue weighted by Gasteiger charge is -2.43. The van der Waals surface area contributed by atoms with E-state index in [1.165, 1.54) is 0 Å². The molecule has 3 N–H and O–H groups in total. The van der Waals surface area contributed by atoms with Crippen molar-refractivity contribution in [2.45, 2.75) is 29.5 Å². The minimum Gasteiger partial charge on any atom is -0.497 e. The molecule has 2 aliphatic heterocycles. The zero-order valence-corrected chi connectivity index (χ0v) is 26.5. The number of thioether (sulfide) groups is 1. The summed E-state index contributed by atoms with van der Waals surface area (Å²) in [6.45, 7) is 1.30. The summed E-state index contributed by atoms with van der Waals surface area (Å²) in [6.07, 6.45) is 0.689. The van der Waals surface area contributed by atoms with Gasteiger partial charge in [0, 0.05) is 21.7 Å². The standard InChI is InChI=1S/C32H31N3O9S2/c1-3-43-20-10-14(4-9-19(20)44-13-21(36)33-15-5-7-16(42-2)8-6-15)23-24-17-11-18(27(24)45-29-28(23)46-32(41)34-29)26-25(17)30(39)35(31(26)40)12-22(37)38/h4-10,17-18,23-27H,3,11-13H2,1-2H3,(H,33,36)(H,34,41)(H,37,38)/t17?,18?,23-,24?,25?,26?,27?/m1/s1. The monoisotopic (exact) mass is 665 g/mol. The second-order valence-electron chi connectivity index (χ2n) is 11.8. The lowest BCUT2D eigenvalue weighted by atomic mass is 9.68. The van der Waals surface area contributed by atoms with Crippen LogP contribution in [0.3, 0.4) is 0 Å². The Bertz CT molecular complexity index is 1790. The lowest BCUT2D eigenvalue weighted by molar-refractivity contribution is -0.149. The van der Waals surface area contributed by atoms with Gasteiger partial charge in [0.25, 0.3) is 5.91 Å². The highest BCUT2D eigenvalue weighted by Gasteiger charge is 2.69. The van der Waals surface area contributed by atoms with E-state index in [4.69, 9.17) is 14.2 Å². The van der Waals surface area contributed by atoms with Crippen molar-refractivity contribution < 1.29 is 38.5 Å². The van der Waals surface area contributed by atoms with E-state index in [1.54, 1.807) is 49.2 Å². The summed E-state index contributed by atoms with van der Waals surface area (Å²) in [7, 11) is 1.57. The number of benzene rings is 2. The molecule has 0 radical (unpaired) electrons. The van der Waals surface area contributed by atoms with Crippen LogP contribution in [-0.2, 0) is 19.2 Å². The molecule has 4 aliphatic rings. The molecule has 3 amide bonds. The van der Waals surface area contributed by atoms with Gasteiger partial charge in [-0.05, 0) is 73.1 Å². The fourth-order valence-electron chi connectivity index (χ4n) is 7.86. The third kappa shape index (κ3) is 5.03. The topological polar surface area (TPSA) is 164 Å². The Morgan fingerprint density at radius 1 is 1.02 bits per heavy atom. The van der Waals surface area contributed by atoms with Crippen LogP contribution < -0.4 is 24.4 Å². The Labute approximate surface area is 271 Å². The highest BCUT2D eigenvalue weighted by atomic mass is 32.2. The number of fused-ring (bicyclic) bond motifs is 9. The number of ether oxygens (including phenoxy) is 3. The molecular weight excluding hydrogens is 634 g/mol. The summed E-state index contributed by atoms with van der Waals surface area (Å²) in [5.41, 5.74) is 1.47. The van der Waals surface area contributed by atoms with Crippen LogP contribution in [0, 0.1) is 29.6 Å². The van der Waals surface area contributed by atoms with Crippen molar-refractivity contribution in [3.05, 3.63) is 62.6 Å². The number of anilines is 1. The van der Waals surface area contributed by atoms with Gasteiger partial charge >= 0.3 is 10.8 Å². The Morgan fingerprint density at radius 2 is 1.76 bits per heavy atom. The number of thiazole rings is 1. The fraction of sp³-hybridized carbons (Fsp3) is 0.406. The maximum absolute atomic E-state index is 13.5. The normalized spacial score (nSPS) is 27.2. The van der Waals surface area contributed by atoms with E-state index in [1.807, 2.05) is 19.1 Å². The number of likely N-dealkylation sites (tertiary alicyclic amines) is 1. The molecule has 7 rings (SSSR count). The van der Waals surface area contributed by atoms with Crippen LogP contribution in [-0.4, -0.2) is 70.8 Å². The van der Waals surface area contributed by atoms with Gasteiger partial charge in [-0.1, -0.05) is 17.4 Å². The van der Waals surface area contributed by atoms with E-state index in [0.29, 0.717) is 36.0 Å². The quantitative estimate of drug-likeness (QED) is 0.274. The fourth-order valence-corrected chi connectivity index (χ4v) is 10.8. The molecule has 2 aliphatic carbocycles. The van der Waals surface area contributed by atoms with Gasteiger partial charge in [-0.2, -0.15) is 0 Å². The number of carboxylic acid groups (broad SMARTS) is 1. The number of aromatic amines is 1. The largest absolute Gasteiger partial charge is 0.497 e. The van der Waals surface area contributed by atoms with Crippen LogP contribution in [0.5, 0.6) is 17.2 Å². The van der Waals surface area contributed by atoms with E-state index >= 15 is 0 Å². The van der Waals surface area contributed by atoms with Crippen molar-refractivity contribution in [2.75, 3.05) is 32.2 Å². The molecule has 3 aromatic rings. The smallest absolute Gasteiger partial charge is 0.323 e. The molecular formula is C32H31N3O9S2. The van der Waals surface area contributed by atoms with Gasteiger partial charge in [-0.3, -0.25) is 28.9 Å². The second kappa shape index (κ2) is 11.8. The number of rotatable bonds is 10. The number of nitrogens with one attached hydrogen (secondary N) is 2. The first kappa shape index (κ1) is 30.4. The molecule has 1 aromatic heterocycles. The average molecular weight is 666 g/mol. The molecule has 0 spiro atoms. The zero-order chi connectivity index (χ0) is 32.3. The molecule has 3 fully saturated rings. The van der Waals surface area contributed by atoms with Crippen molar-refractivity contribution in [2.24, 2.45) is 29.6 Å². The molecule has 6 unspecified atom stereocenters. The number of methoxy groups -OCH3 is 1. The Kier molecular flexibility index (Phi) is 7.79. The van der Waals surface area contributed by atoms with Gasteiger partial charge < -0.3 is 29.6 Å². The first-order chi connectivity index (χ1) is 22.2. The third-order valence-electron chi connectivity index (χ3n) is 9.47. The van der Waals surface area contributed by atoms with Crippen LogP contribution in [0.4, 0.5) is 5.69 Å². The van der Waals surface area contributed by atoms with Gasteiger partial charge in [0.05, 0.1) is 30.6 Å². The van der Waals surface area contributed by atoms with E-state index in [0.717, 1.165) is 31.7 Å². The van der Waals surface area contributed by atoms with E-state index in [2.05, 4.69) is 10.3 Å². The molecule has 2 saturated carbocycles. The van der Waals surface area contributed by atoms with Gasteiger partial charge in [0.1, 0.15) is 12.3 Å². The van der Waals surface area contributed by atoms with Crippen LogP contribution in [0.25, 0.3) is 0 Å². The summed E-state index contributed by atoms with van der Waals surface area (Å²) in [5.74, 6) is -2.59. The molecule has 3 heterocycles. The van der Waals surface area contributed by atoms with Crippen LogP contribution in [0.15, 0.2) is 52.3 Å². The Morgan fingerprint density at radius 3 is 2.46 bits per heavy atom. The number of carbonyl (C=O) groups is 4. The van der Waals surface area contributed by atoms with E-state index in [9.17, 15) is 29.1 Å². The SMILES string of the molecule is CCOc1cc([C@H]2c3sc(=O)[nH]c3SC3C4CC(C5C(=O)N(CC(=O)O)C(=O)C45)C32)ccc1OCC(=O)Nc1ccc(OC)cc1. The summed E-state index contributed by atoms with van der Waals surface area (Å²) >= 11 is 2.70. The number of nitrogens with zero attached hydrogens (tertiary/aromatic N) is 1. The molecule has 1 saturated heterocycles. The molecule has 240 valence electrons. The van der Waals surface area contributed by atoms with E-state index in [-0.39, 0.29) is 46.3 Å². The van der Waals surface area contributed by atoms with Crippen molar-refractivity contribution in [1.29, 1.82) is 0 Å². The number of H-pyrrole nitrogens is 1. The zero-order valence-electron chi connectivity index (χ0n) is 24.9. The second-order valence-corrected chi connectivity index (χ2v) is 14.0. The number of carbonyl (C=O) groups excluding carboxylic acids is 3. The summed E-state index contributed by atoms with van der Waals surface area (Å²) in [4.78, 5) is 68.0. The van der Waals surface area contributed by atoms with E-state index < -0.39 is 36.2 Å². The van der Waals surface area contributed by atoms with Gasteiger partial charge in [0.15, 0.2) is 18.1 Å². The van der Waals surface area contributed by atoms with Crippen LogP contribution in [0.2, 0.25) is 0 Å². The summed E-state index contributed by atoms with van der Waals surface area (Å²) < 4.78 is 17.0. The third-order valence-corrected chi connectivity index (χ3v) is 12.1. The van der Waals surface area contributed by atoms with Gasteiger partial charge in [0.2, 0.25) is 11.8 Å². The molecule has 2 bridgehead atoms. The van der Waals surface area contributed by atoms with Crippen molar-refractivity contribution in [1.82, 2.24) is 9.88 Å². The maximum atomic E-state index is 13.5. The number of aromatic nitrogens is 1. The number of amides is 3. The van der Waals surface area contributed by atoms with Crippen molar-refractivity contribution in [3.8, 4) is 17.2 Å². The number of imide groups is 1. The lowest BCUT2D eigenvalue weighted by Crippen LogP contribution is -2.42. The minimum absolute atomic E-state index is 0.0383. The maximum Gasteiger partial charge on any atom is 0.323 e. The summed E-state index contributed by atoms with van der Waals surface area (Å²) in [6, 6.07) is 12.5. The average Bonchev–Trinajstić information content (AvgIpc) is 3.77. The predicted octanol–water partition coefficient (Wildman–Crippen LogP) is 3.42. The first-order valence-corrected chi connectivity index (χ1v) is 16.7. The van der Waals surface area contributed by atoms with Crippen LogP contribution >= 0.6 is 23.1 Å². The molecule has 46 heavy (non-hydrogen) atoms. The van der Waals surface area contributed by atoms with Gasteiger partial charge in [-0.25, -0.2) is 0 Å². The summed E-state index contributed by atoms with van der Waals surface area (Å²) in [5, 5.41) is 12.9. The van der Waals surface area contributed by atoms with Gasteiger partial charge in [-0.15, -0.1) is 11.8 Å². The number of hydrogen-bond acceptors (Lipinski definition) is 10. The number of aliphatic carboxylic acids is 1. The highest BCUT2D eigenvalue weighted by molar-refractivity contribution is 8.00. The van der Waals surface area contributed by atoms with Crippen molar-refractivity contribution >= 4 is 52.5 Å². The minimum atomic E-state index is -1.22. The highest BCUT2D eigenvalue weighted by Crippen LogP contribution is 2.68. The number of hydrogen-bond donors (Lipinski definition) is 3. The molecule has 12 nitrogen and oxygen atoms in total. The Balaban J connectivity index is 1.17. The predicted molar refractivity (Wildman–Crippen MR) is 168 cm³/mol. The number of carboxylic acids is 1. The molecule has 2 aromatic carbocycles. The molecule has 14 heteroatoms. The van der Waals surface area contributed by atoms with Crippen molar-refractivity contribution in [3.63, 3.8) is 0 Å². The first-order valence-electron chi connectivity index (χ1n) is 15.0. The van der Waals surface area contributed by atoms with Crippen LogP contribution in [0.1, 0.15) is 29.7 Å².